The molecular formula is C24H38F3NO3Si. The van der Waals surface area contributed by atoms with Crippen molar-refractivity contribution >= 4 is 14.4 Å². The molecule has 0 unspecified atom stereocenters. The lowest BCUT2D eigenvalue weighted by molar-refractivity contribution is -0.137. The number of carbonyl (C=O) groups is 1. The minimum atomic E-state index is -4.43. The molecule has 1 N–H and O–H groups in total. The van der Waals surface area contributed by atoms with Gasteiger partial charge in [0, 0.05) is 11.5 Å². The standard InChI is InChI=1S/C24H38F3NO3Si/c1-10-11-19(17-12-14-18(15-13-17)24(25,26)27)20(28(21(29)30)22(2,3)4)16-31-32(8,9)23(5,6)7/h10-15,19-20H,16H2,1-9H3,(H,29,30)/b11-10+/t19-,20+/m1/s1. The van der Waals surface area contributed by atoms with Crippen LogP contribution >= 0.6 is 0 Å². The van der Waals surface area contributed by atoms with E-state index in [0.717, 1.165) is 12.1 Å². The maximum Gasteiger partial charge on any atom is 0.416 e. The van der Waals surface area contributed by atoms with Crippen LogP contribution in [0.15, 0.2) is 36.4 Å². The number of benzene rings is 1. The van der Waals surface area contributed by atoms with E-state index < -0.39 is 43.6 Å². The van der Waals surface area contributed by atoms with Crippen LogP contribution in [-0.2, 0) is 10.6 Å². The average molecular weight is 474 g/mol. The summed E-state index contributed by atoms with van der Waals surface area (Å²) in [6.45, 7) is 17.9. The van der Waals surface area contributed by atoms with Gasteiger partial charge in [-0.25, -0.2) is 4.79 Å². The van der Waals surface area contributed by atoms with Gasteiger partial charge < -0.3 is 9.53 Å². The van der Waals surface area contributed by atoms with E-state index in [4.69, 9.17) is 4.43 Å². The summed E-state index contributed by atoms with van der Waals surface area (Å²) in [5, 5.41) is 10.0. The van der Waals surface area contributed by atoms with Crippen LogP contribution in [0, 0.1) is 0 Å². The Morgan fingerprint density at radius 1 is 1.09 bits per heavy atom. The molecule has 0 aromatic heterocycles. The molecule has 0 spiro atoms. The molecule has 32 heavy (non-hydrogen) atoms. The summed E-state index contributed by atoms with van der Waals surface area (Å²) in [4.78, 5) is 13.7. The zero-order valence-corrected chi connectivity index (χ0v) is 21.7. The predicted molar refractivity (Wildman–Crippen MR) is 126 cm³/mol. The molecule has 0 radical (unpaired) electrons. The van der Waals surface area contributed by atoms with Gasteiger partial charge in [0.2, 0.25) is 0 Å². The summed E-state index contributed by atoms with van der Waals surface area (Å²) in [6, 6.07) is 4.32. The fourth-order valence-electron chi connectivity index (χ4n) is 3.34. The van der Waals surface area contributed by atoms with E-state index in [1.165, 1.54) is 17.0 Å². The maximum atomic E-state index is 13.1. The van der Waals surface area contributed by atoms with Crippen LogP contribution in [0.2, 0.25) is 18.1 Å². The average Bonchev–Trinajstić information content (AvgIpc) is 2.60. The number of amides is 1. The number of rotatable bonds is 7. The maximum absolute atomic E-state index is 13.1. The number of carboxylic acid groups (broad SMARTS) is 1. The molecule has 8 heteroatoms. The first-order valence-electron chi connectivity index (χ1n) is 10.8. The zero-order valence-electron chi connectivity index (χ0n) is 20.7. The Morgan fingerprint density at radius 2 is 1.59 bits per heavy atom. The van der Waals surface area contributed by atoms with Crippen molar-refractivity contribution in [1.29, 1.82) is 0 Å². The van der Waals surface area contributed by atoms with E-state index in [1.807, 2.05) is 13.0 Å². The topological polar surface area (TPSA) is 49.8 Å². The highest BCUT2D eigenvalue weighted by Crippen LogP contribution is 2.39. The third kappa shape index (κ3) is 7.10. The minimum Gasteiger partial charge on any atom is -0.465 e. The molecule has 0 fully saturated rings. The first-order valence-corrected chi connectivity index (χ1v) is 13.7. The zero-order chi connectivity index (χ0) is 25.1. The van der Waals surface area contributed by atoms with Crippen molar-refractivity contribution in [3.8, 4) is 0 Å². The number of nitrogens with zero attached hydrogens (tertiary/aromatic N) is 1. The van der Waals surface area contributed by atoms with Gasteiger partial charge in [-0.2, -0.15) is 13.2 Å². The van der Waals surface area contributed by atoms with Crippen LogP contribution in [0.5, 0.6) is 0 Å². The van der Waals surface area contributed by atoms with E-state index in [0.29, 0.717) is 5.56 Å². The second kappa shape index (κ2) is 9.99. The molecule has 182 valence electrons. The van der Waals surface area contributed by atoms with Gasteiger partial charge in [-0.05, 0) is 63.5 Å². The van der Waals surface area contributed by atoms with Gasteiger partial charge in [0.15, 0.2) is 8.32 Å². The highest BCUT2D eigenvalue weighted by molar-refractivity contribution is 6.74. The normalized spacial score (nSPS) is 15.6. The van der Waals surface area contributed by atoms with Gasteiger partial charge >= 0.3 is 12.3 Å². The van der Waals surface area contributed by atoms with E-state index >= 15 is 0 Å². The van der Waals surface area contributed by atoms with Gasteiger partial charge in [-0.15, -0.1) is 0 Å². The van der Waals surface area contributed by atoms with Crippen molar-refractivity contribution < 1.29 is 27.5 Å². The summed E-state index contributed by atoms with van der Waals surface area (Å²) < 4.78 is 45.6. The quantitative estimate of drug-likeness (QED) is 0.329. The first kappa shape index (κ1) is 28.2. The molecule has 0 saturated heterocycles. The van der Waals surface area contributed by atoms with Crippen molar-refractivity contribution in [2.45, 2.75) is 90.3 Å². The van der Waals surface area contributed by atoms with Crippen LogP contribution in [0.25, 0.3) is 0 Å². The molecule has 1 aromatic rings. The smallest absolute Gasteiger partial charge is 0.416 e. The highest BCUT2D eigenvalue weighted by atomic mass is 28.4. The van der Waals surface area contributed by atoms with Gasteiger partial charge in [0.1, 0.15) is 0 Å². The van der Waals surface area contributed by atoms with Crippen LogP contribution in [-0.4, -0.2) is 42.6 Å². The predicted octanol–water partition coefficient (Wildman–Crippen LogP) is 7.53. The number of hydrogen-bond acceptors (Lipinski definition) is 2. The number of allylic oxidation sites excluding steroid dienone is 1. The second-order valence-corrected chi connectivity index (χ2v) is 15.4. The van der Waals surface area contributed by atoms with Crippen molar-refractivity contribution in [1.82, 2.24) is 4.90 Å². The molecular weight excluding hydrogens is 435 g/mol. The van der Waals surface area contributed by atoms with E-state index in [9.17, 15) is 23.1 Å². The Hall–Kier alpha value is -1.80. The minimum absolute atomic E-state index is 0.0716. The molecule has 0 saturated carbocycles. The van der Waals surface area contributed by atoms with Gasteiger partial charge in [0.05, 0.1) is 18.2 Å². The van der Waals surface area contributed by atoms with Crippen molar-refractivity contribution in [3.63, 3.8) is 0 Å². The van der Waals surface area contributed by atoms with Gasteiger partial charge in [0.25, 0.3) is 0 Å². The Morgan fingerprint density at radius 3 is 1.94 bits per heavy atom. The molecule has 0 aliphatic rings. The Balaban J connectivity index is 3.54. The summed E-state index contributed by atoms with van der Waals surface area (Å²) in [5.41, 5.74) is -0.866. The summed E-state index contributed by atoms with van der Waals surface area (Å²) in [6.07, 6.45) is -1.89. The molecule has 2 atom stereocenters. The van der Waals surface area contributed by atoms with Crippen molar-refractivity contribution in [2.75, 3.05) is 6.61 Å². The lowest BCUT2D eigenvalue weighted by atomic mass is 9.87. The first-order chi connectivity index (χ1) is 14.3. The van der Waals surface area contributed by atoms with E-state index in [-0.39, 0.29) is 11.6 Å². The van der Waals surface area contributed by atoms with Crippen LogP contribution in [0.4, 0.5) is 18.0 Å². The SMILES string of the molecule is C/C=C/[C@H](c1ccc(C(F)(F)F)cc1)[C@H](CO[Si](C)(C)C(C)(C)C)N(C(=O)O)C(C)(C)C. The molecule has 0 bridgehead atoms. The summed E-state index contributed by atoms with van der Waals surface area (Å²) >= 11 is 0. The lowest BCUT2D eigenvalue weighted by Crippen LogP contribution is -2.56. The molecule has 1 amide bonds. The Labute approximate surface area is 191 Å². The molecule has 0 heterocycles. The van der Waals surface area contributed by atoms with E-state index in [2.05, 4.69) is 33.9 Å². The Bertz CT molecular complexity index is 791. The summed E-state index contributed by atoms with van der Waals surface area (Å²) in [5.74, 6) is -0.470. The fraction of sp³-hybridized carbons (Fsp3) is 0.625. The molecule has 4 nitrogen and oxygen atoms in total. The summed E-state index contributed by atoms with van der Waals surface area (Å²) in [7, 11) is -2.20. The lowest BCUT2D eigenvalue weighted by Gasteiger charge is -2.45. The van der Waals surface area contributed by atoms with Gasteiger partial charge in [-0.1, -0.05) is 45.1 Å². The Kier molecular flexibility index (Phi) is 8.82. The van der Waals surface area contributed by atoms with Crippen LogP contribution in [0.1, 0.15) is 65.5 Å². The van der Waals surface area contributed by atoms with E-state index in [1.54, 1.807) is 26.8 Å². The van der Waals surface area contributed by atoms with Gasteiger partial charge in [-0.3, -0.25) is 4.90 Å². The van der Waals surface area contributed by atoms with Crippen LogP contribution in [0.3, 0.4) is 0 Å². The third-order valence-electron chi connectivity index (χ3n) is 6.12. The highest BCUT2D eigenvalue weighted by Gasteiger charge is 2.42. The monoisotopic (exact) mass is 473 g/mol. The van der Waals surface area contributed by atoms with Crippen molar-refractivity contribution in [2.24, 2.45) is 0 Å². The second-order valence-electron chi connectivity index (χ2n) is 10.6. The number of hydrogen-bond donors (Lipinski definition) is 1. The van der Waals surface area contributed by atoms with Crippen molar-refractivity contribution in [3.05, 3.63) is 47.5 Å². The molecule has 0 aliphatic heterocycles. The molecule has 1 aromatic carbocycles. The third-order valence-corrected chi connectivity index (χ3v) is 10.6. The molecule has 0 aliphatic carbocycles. The van der Waals surface area contributed by atoms with Crippen LogP contribution < -0.4 is 0 Å². The fourth-order valence-corrected chi connectivity index (χ4v) is 4.36. The number of alkyl halides is 3. The largest absolute Gasteiger partial charge is 0.465 e. The molecule has 1 rings (SSSR count). The number of halogens is 3.